The van der Waals surface area contributed by atoms with Gasteiger partial charge >= 0.3 is 0 Å². The maximum atomic E-state index is 4.58. The number of hydrogen-bond donors (Lipinski definition) is 1. The van der Waals surface area contributed by atoms with Gasteiger partial charge in [-0.05, 0) is 24.0 Å². The fraction of sp³-hybridized carbons (Fsp3) is 0.600. The van der Waals surface area contributed by atoms with Crippen molar-refractivity contribution in [2.45, 2.75) is 38.9 Å². The molecule has 1 aliphatic heterocycles. The lowest BCUT2D eigenvalue weighted by Gasteiger charge is -2.21. The first-order valence-corrected chi connectivity index (χ1v) is 7.76. The second-order valence-corrected chi connectivity index (χ2v) is 7.44. The highest BCUT2D eigenvalue weighted by Crippen LogP contribution is 2.31. The first-order valence-electron chi connectivity index (χ1n) is 6.88. The molecule has 2 rings (SSSR count). The highest BCUT2D eigenvalue weighted by molar-refractivity contribution is 8.14. The SMILES string of the molecule is CC(C)(C)CC1CN=C(NCCc2ccccn2)S1. The summed E-state index contributed by atoms with van der Waals surface area (Å²) < 4.78 is 0. The minimum Gasteiger partial charge on any atom is -0.365 e. The molecule has 0 saturated carbocycles. The molecule has 1 aromatic rings. The molecule has 1 aliphatic rings. The van der Waals surface area contributed by atoms with Gasteiger partial charge in [0, 0.05) is 30.1 Å². The van der Waals surface area contributed by atoms with E-state index in [1.54, 1.807) is 0 Å². The van der Waals surface area contributed by atoms with E-state index in [9.17, 15) is 0 Å². The zero-order valence-electron chi connectivity index (χ0n) is 12.0. The van der Waals surface area contributed by atoms with E-state index in [2.05, 4.69) is 42.1 Å². The molecule has 0 saturated heterocycles. The molecule has 104 valence electrons. The van der Waals surface area contributed by atoms with E-state index in [1.807, 2.05) is 30.1 Å². The lowest BCUT2D eigenvalue weighted by Crippen LogP contribution is -2.23. The van der Waals surface area contributed by atoms with Crippen molar-refractivity contribution < 1.29 is 0 Å². The molecule has 2 heterocycles. The summed E-state index contributed by atoms with van der Waals surface area (Å²) in [5.74, 6) is 0. The van der Waals surface area contributed by atoms with Crippen LogP contribution >= 0.6 is 11.8 Å². The van der Waals surface area contributed by atoms with E-state index in [0.717, 1.165) is 30.4 Å². The van der Waals surface area contributed by atoms with Crippen LogP contribution in [0.4, 0.5) is 0 Å². The summed E-state index contributed by atoms with van der Waals surface area (Å²) >= 11 is 1.89. The average molecular weight is 277 g/mol. The fourth-order valence-corrected chi connectivity index (χ4v) is 3.53. The van der Waals surface area contributed by atoms with Crippen LogP contribution in [-0.4, -0.2) is 28.5 Å². The van der Waals surface area contributed by atoms with Crippen LogP contribution in [0.5, 0.6) is 0 Å². The van der Waals surface area contributed by atoms with Crippen LogP contribution < -0.4 is 5.32 Å². The Morgan fingerprint density at radius 3 is 2.89 bits per heavy atom. The predicted molar refractivity (Wildman–Crippen MR) is 83.7 cm³/mol. The number of nitrogens with zero attached hydrogens (tertiary/aromatic N) is 2. The maximum Gasteiger partial charge on any atom is 0.156 e. The molecule has 1 aromatic heterocycles. The Morgan fingerprint density at radius 1 is 1.37 bits per heavy atom. The Kier molecular flexibility index (Phi) is 4.86. The van der Waals surface area contributed by atoms with Crippen LogP contribution in [0, 0.1) is 5.41 Å². The normalized spacial score (nSPS) is 19.3. The standard InChI is InChI=1S/C15H23N3S/c1-15(2,3)10-13-11-18-14(19-13)17-9-7-12-6-4-5-8-16-12/h4-6,8,13H,7,9-11H2,1-3H3,(H,17,18). The number of aromatic nitrogens is 1. The van der Waals surface area contributed by atoms with Gasteiger partial charge in [0.25, 0.3) is 0 Å². The minimum absolute atomic E-state index is 0.386. The molecular formula is C15H23N3S. The highest BCUT2D eigenvalue weighted by atomic mass is 32.2. The predicted octanol–water partition coefficient (Wildman–Crippen LogP) is 3.12. The molecule has 0 amide bonds. The van der Waals surface area contributed by atoms with Crippen molar-refractivity contribution in [2.75, 3.05) is 13.1 Å². The molecule has 19 heavy (non-hydrogen) atoms. The molecule has 3 nitrogen and oxygen atoms in total. The lowest BCUT2D eigenvalue weighted by molar-refractivity contribution is 0.375. The van der Waals surface area contributed by atoms with Gasteiger partial charge in [-0.25, -0.2) is 0 Å². The summed E-state index contributed by atoms with van der Waals surface area (Å²) in [5, 5.41) is 5.16. The van der Waals surface area contributed by atoms with Gasteiger partial charge in [-0.1, -0.05) is 38.6 Å². The van der Waals surface area contributed by atoms with Crippen molar-refractivity contribution in [1.29, 1.82) is 0 Å². The largest absolute Gasteiger partial charge is 0.365 e. The summed E-state index contributed by atoms with van der Waals surface area (Å²) in [6.45, 7) is 8.74. The molecule has 1 atom stereocenters. The number of pyridine rings is 1. The third kappa shape index (κ3) is 5.23. The van der Waals surface area contributed by atoms with Crippen molar-refractivity contribution in [1.82, 2.24) is 10.3 Å². The molecular weight excluding hydrogens is 254 g/mol. The van der Waals surface area contributed by atoms with Gasteiger partial charge in [-0.15, -0.1) is 0 Å². The zero-order chi connectivity index (χ0) is 13.7. The average Bonchev–Trinajstić information content (AvgIpc) is 2.76. The summed E-state index contributed by atoms with van der Waals surface area (Å²) in [6, 6.07) is 6.04. The third-order valence-electron chi connectivity index (χ3n) is 2.94. The van der Waals surface area contributed by atoms with Crippen molar-refractivity contribution in [2.24, 2.45) is 10.4 Å². The molecule has 4 heteroatoms. The molecule has 1 unspecified atom stereocenters. The molecule has 0 aromatic carbocycles. The van der Waals surface area contributed by atoms with Gasteiger partial charge in [0.05, 0.1) is 6.54 Å². The first-order chi connectivity index (χ1) is 9.03. The molecule has 0 fully saturated rings. The summed E-state index contributed by atoms with van der Waals surface area (Å²) in [7, 11) is 0. The quantitative estimate of drug-likeness (QED) is 0.919. The van der Waals surface area contributed by atoms with Crippen LogP contribution in [0.25, 0.3) is 0 Å². The molecule has 0 aliphatic carbocycles. The van der Waals surface area contributed by atoms with Gasteiger partial charge in [-0.3, -0.25) is 9.98 Å². The van der Waals surface area contributed by atoms with E-state index in [0.29, 0.717) is 10.7 Å². The van der Waals surface area contributed by atoms with Crippen molar-refractivity contribution in [3.63, 3.8) is 0 Å². The minimum atomic E-state index is 0.386. The van der Waals surface area contributed by atoms with E-state index >= 15 is 0 Å². The zero-order valence-corrected chi connectivity index (χ0v) is 12.8. The Balaban J connectivity index is 1.68. The molecule has 0 spiro atoms. The maximum absolute atomic E-state index is 4.58. The van der Waals surface area contributed by atoms with E-state index in [4.69, 9.17) is 0 Å². The number of aliphatic imine (C=N–C) groups is 1. The van der Waals surface area contributed by atoms with Crippen molar-refractivity contribution >= 4 is 16.9 Å². The van der Waals surface area contributed by atoms with Crippen LogP contribution in [0.1, 0.15) is 32.9 Å². The number of amidine groups is 1. The summed E-state index contributed by atoms with van der Waals surface area (Å²) in [6.07, 6.45) is 4.01. The van der Waals surface area contributed by atoms with Crippen molar-refractivity contribution in [3.8, 4) is 0 Å². The molecule has 0 bridgehead atoms. The second kappa shape index (κ2) is 6.42. The van der Waals surface area contributed by atoms with E-state index < -0.39 is 0 Å². The Morgan fingerprint density at radius 2 is 2.21 bits per heavy atom. The monoisotopic (exact) mass is 277 g/mol. The van der Waals surface area contributed by atoms with Gasteiger partial charge in [-0.2, -0.15) is 0 Å². The number of hydrogen-bond acceptors (Lipinski definition) is 4. The summed E-state index contributed by atoms with van der Waals surface area (Å²) in [4.78, 5) is 8.90. The highest BCUT2D eigenvalue weighted by Gasteiger charge is 2.24. The third-order valence-corrected chi connectivity index (χ3v) is 4.09. The van der Waals surface area contributed by atoms with Gasteiger partial charge < -0.3 is 5.32 Å². The number of nitrogens with one attached hydrogen (secondary N) is 1. The Bertz CT molecular complexity index is 423. The van der Waals surface area contributed by atoms with Gasteiger partial charge in [0.1, 0.15) is 0 Å². The Hall–Kier alpha value is -1.03. The van der Waals surface area contributed by atoms with E-state index in [-0.39, 0.29) is 0 Å². The smallest absolute Gasteiger partial charge is 0.156 e. The van der Waals surface area contributed by atoms with Gasteiger partial charge in [0.15, 0.2) is 5.17 Å². The fourth-order valence-electron chi connectivity index (χ4n) is 2.15. The Labute approximate surface area is 120 Å². The van der Waals surface area contributed by atoms with Crippen LogP contribution in [-0.2, 0) is 6.42 Å². The summed E-state index contributed by atoms with van der Waals surface area (Å²) in [5.41, 5.74) is 1.51. The lowest BCUT2D eigenvalue weighted by atomic mass is 9.90. The van der Waals surface area contributed by atoms with Crippen LogP contribution in [0.3, 0.4) is 0 Å². The van der Waals surface area contributed by atoms with Crippen LogP contribution in [0.15, 0.2) is 29.4 Å². The first kappa shape index (κ1) is 14.4. The molecule has 1 N–H and O–H groups in total. The van der Waals surface area contributed by atoms with E-state index in [1.165, 1.54) is 6.42 Å². The number of rotatable bonds is 4. The van der Waals surface area contributed by atoms with Gasteiger partial charge in [0.2, 0.25) is 0 Å². The molecule has 0 radical (unpaired) electrons. The number of thioether (sulfide) groups is 1. The van der Waals surface area contributed by atoms with Crippen molar-refractivity contribution in [3.05, 3.63) is 30.1 Å². The topological polar surface area (TPSA) is 37.3 Å². The second-order valence-electron chi connectivity index (χ2n) is 6.15. The van der Waals surface area contributed by atoms with Crippen LogP contribution in [0.2, 0.25) is 0 Å².